The van der Waals surface area contributed by atoms with E-state index < -0.39 is 18.1 Å². The fourth-order valence-corrected chi connectivity index (χ4v) is 3.61. The summed E-state index contributed by atoms with van der Waals surface area (Å²) in [5, 5.41) is 15.9. The van der Waals surface area contributed by atoms with Gasteiger partial charge in [-0.3, -0.25) is 4.79 Å². The molecule has 1 aliphatic heterocycles. The number of benzene rings is 2. The second kappa shape index (κ2) is 7.53. The molecule has 5 N–H and O–H groups in total. The lowest BCUT2D eigenvalue weighted by atomic mass is 9.92. The number of carbonyl (C=O) groups excluding carboxylic acids is 1. The molecular weight excluding hydrogens is 377 g/mol. The molecule has 1 heterocycles. The summed E-state index contributed by atoms with van der Waals surface area (Å²) in [6, 6.07) is 8.67. The highest BCUT2D eigenvalue weighted by molar-refractivity contribution is 6.35. The van der Waals surface area contributed by atoms with Crippen LogP contribution in [0.2, 0.25) is 10.0 Å². The van der Waals surface area contributed by atoms with Crippen molar-refractivity contribution in [2.24, 2.45) is 5.73 Å². The average molecular weight is 394 g/mol. The minimum Gasteiger partial charge on any atom is -0.480 e. The van der Waals surface area contributed by atoms with E-state index >= 15 is 0 Å². The van der Waals surface area contributed by atoms with Crippen LogP contribution in [0.4, 0.5) is 5.69 Å². The topological polar surface area (TPSA) is 104 Å². The maximum Gasteiger partial charge on any atom is 0.326 e. The Morgan fingerprint density at radius 3 is 2.54 bits per heavy atom. The normalized spacial score (nSPS) is 18.6. The van der Waals surface area contributed by atoms with Crippen molar-refractivity contribution in [1.29, 1.82) is 0 Å². The van der Waals surface area contributed by atoms with E-state index in [0.717, 1.165) is 5.56 Å². The second-order valence-corrected chi connectivity index (χ2v) is 6.89. The maximum atomic E-state index is 12.6. The molecule has 0 bridgehead atoms. The number of hydrogen-bond donors (Lipinski definition) is 4. The Balaban J connectivity index is 1.90. The smallest absolute Gasteiger partial charge is 0.326 e. The lowest BCUT2D eigenvalue weighted by molar-refractivity contribution is -0.138. The molecule has 8 heteroatoms. The number of nitrogens with two attached hydrogens (primary N) is 1. The maximum absolute atomic E-state index is 12.6. The molecular formula is C18H17Cl2N3O3. The Morgan fingerprint density at radius 2 is 1.92 bits per heavy atom. The summed E-state index contributed by atoms with van der Waals surface area (Å²) in [5.41, 5.74) is 8.06. The molecule has 1 aliphatic rings. The summed E-state index contributed by atoms with van der Waals surface area (Å²) in [6.07, 6.45) is 0.163. The second-order valence-electron chi connectivity index (χ2n) is 6.05. The average Bonchev–Trinajstić information content (AvgIpc) is 2.60. The summed E-state index contributed by atoms with van der Waals surface area (Å²) in [7, 11) is 0. The van der Waals surface area contributed by atoms with Gasteiger partial charge in [0.1, 0.15) is 6.04 Å². The minimum atomic E-state index is -1.02. The van der Waals surface area contributed by atoms with Crippen LogP contribution in [0.3, 0.4) is 0 Å². The Morgan fingerprint density at radius 1 is 1.23 bits per heavy atom. The van der Waals surface area contributed by atoms with Gasteiger partial charge < -0.3 is 21.5 Å². The van der Waals surface area contributed by atoms with Crippen molar-refractivity contribution in [3.8, 4) is 0 Å². The predicted octanol–water partition coefficient (Wildman–Crippen LogP) is 3.19. The van der Waals surface area contributed by atoms with Crippen LogP contribution >= 0.6 is 23.2 Å². The quantitative estimate of drug-likeness (QED) is 0.638. The van der Waals surface area contributed by atoms with E-state index in [1.165, 1.54) is 0 Å². The molecule has 2 aromatic carbocycles. The SMILES string of the molecule is NCc1ccc(C(=O)NC2CC(C(=O)O)Nc3cc(Cl)cc(Cl)c32)cc1. The summed E-state index contributed by atoms with van der Waals surface area (Å²) < 4.78 is 0. The highest BCUT2D eigenvalue weighted by Crippen LogP contribution is 2.40. The van der Waals surface area contributed by atoms with Gasteiger partial charge in [0.25, 0.3) is 5.91 Å². The third-order valence-corrected chi connectivity index (χ3v) is 4.83. The van der Waals surface area contributed by atoms with E-state index in [9.17, 15) is 14.7 Å². The molecule has 2 atom stereocenters. The molecule has 0 saturated heterocycles. The summed E-state index contributed by atoms with van der Waals surface area (Å²) in [6.45, 7) is 0.389. The van der Waals surface area contributed by atoms with E-state index in [1.54, 1.807) is 36.4 Å². The highest BCUT2D eigenvalue weighted by Gasteiger charge is 2.33. The van der Waals surface area contributed by atoms with Crippen molar-refractivity contribution in [2.75, 3.05) is 5.32 Å². The van der Waals surface area contributed by atoms with E-state index in [2.05, 4.69) is 10.6 Å². The van der Waals surface area contributed by atoms with Crippen LogP contribution in [0.15, 0.2) is 36.4 Å². The van der Waals surface area contributed by atoms with Gasteiger partial charge in [-0.15, -0.1) is 0 Å². The number of fused-ring (bicyclic) bond motifs is 1. The van der Waals surface area contributed by atoms with Gasteiger partial charge in [-0.25, -0.2) is 4.79 Å². The Bertz CT molecular complexity index is 856. The van der Waals surface area contributed by atoms with Crippen molar-refractivity contribution < 1.29 is 14.7 Å². The van der Waals surface area contributed by atoms with Gasteiger partial charge >= 0.3 is 5.97 Å². The molecule has 2 unspecified atom stereocenters. The molecule has 26 heavy (non-hydrogen) atoms. The number of carboxylic acid groups (broad SMARTS) is 1. The molecule has 0 fully saturated rings. The monoisotopic (exact) mass is 393 g/mol. The zero-order valence-corrected chi connectivity index (χ0v) is 15.1. The first-order chi connectivity index (χ1) is 12.4. The number of nitrogens with one attached hydrogen (secondary N) is 2. The first-order valence-electron chi connectivity index (χ1n) is 7.97. The van der Waals surface area contributed by atoms with Crippen LogP contribution in [0.5, 0.6) is 0 Å². The fraction of sp³-hybridized carbons (Fsp3) is 0.222. The van der Waals surface area contributed by atoms with Gasteiger partial charge in [0.2, 0.25) is 0 Å². The summed E-state index contributed by atoms with van der Waals surface area (Å²) >= 11 is 12.3. The Kier molecular flexibility index (Phi) is 5.36. The zero-order chi connectivity index (χ0) is 18.8. The van der Waals surface area contributed by atoms with Gasteiger partial charge in [-0.2, -0.15) is 0 Å². The Labute approximate surface area is 160 Å². The predicted molar refractivity (Wildman–Crippen MR) is 101 cm³/mol. The molecule has 0 radical (unpaired) electrons. The first-order valence-corrected chi connectivity index (χ1v) is 8.72. The van der Waals surface area contributed by atoms with Gasteiger partial charge in [0, 0.05) is 39.8 Å². The van der Waals surface area contributed by atoms with Crippen molar-refractivity contribution in [2.45, 2.75) is 25.0 Å². The van der Waals surface area contributed by atoms with Crippen LogP contribution in [-0.2, 0) is 11.3 Å². The van der Waals surface area contributed by atoms with Gasteiger partial charge in [0.15, 0.2) is 0 Å². The van der Waals surface area contributed by atoms with Gasteiger partial charge in [0.05, 0.1) is 6.04 Å². The molecule has 0 spiro atoms. The summed E-state index contributed by atoms with van der Waals surface area (Å²) in [4.78, 5) is 24.1. The summed E-state index contributed by atoms with van der Waals surface area (Å²) in [5.74, 6) is -1.33. The van der Waals surface area contributed by atoms with Crippen LogP contribution < -0.4 is 16.4 Å². The minimum absolute atomic E-state index is 0.163. The first kappa shape index (κ1) is 18.5. The van der Waals surface area contributed by atoms with E-state index in [-0.39, 0.29) is 12.3 Å². The number of amides is 1. The van der Waals surface area contributed by atoms with Crippen LogP contribution in [0.25, 0.3) is 0 Å². The Hall–Kier alpha value is -2.28. The van der Waals surface area contributed by atoms with Crippen molar-refractivity contribution in [1.82, 2.24) is 5.32 Å². The number of aliphatic carboxylic acids is 1. The number of carboxylic acids is 1. The number of carbonyl (C=O) groups is 2. The van der Waals surface area contributed by atoms with Crippen molar-refractivity contribution in [3.05, 3.63) is 63.1 Å². The lowest BCUT2D eigenvalue weighted by Gasteiger charge is -2.32. The molecule has 0 aromatic heterocycles. The van der Waals surface area contributed by atoms with Crippen molar-refractivity contribution >= 4 is 40.8 Å². The van der Waals surface area contributed by atoms with Gasteiger partial charge in [-0.1, -0.05) is 35.3 Å². The largest absolute Gasteiger partial charge is 0.480 e. The number of anilines is 1. The molecule has 0 aliphatic carbocycles. The van der Waals surface area contributed by atoms with E-state index in [1.807, 2.05) is 0 Å². The van der Waals surface area contributed by atoms with Crippen LogP contribution in [0.1, 0.15) is 33.9 Å². The molecule has 1 amide bonds. The highest BCUT2D eigenvalue weighted by atomic mass is 35.5. The third kappa shape index (κ3) is 3.77. The number of halogens is 2. The molecule has 136 valence electrons. The van der Waals surface area contributed by atoms with Crippen molar-refractivity contribution in [3.63, 3.8) is 0 Å². The molecule has 3 rings (SSSR count). The third-order valence-electron chi connectivity index (χ3n) is 4.30. The molecule has 0 saturated carbocycles. The van der Waals surface area contributed by atoms with Crippen LogP contribution in [0, 0.1) is 0 Å². The number of rotatable bonds is 4. The number of hydrogen-bond acceptors (Lipinski definition) is 4. The zero-order valence-electron chi connectivity index (χ0n) is 13.6. The van der Waals surface area contributed by atoms with E-state index in [4.69, 9.17) is 28.9 Å². The fourth-order valence-electron chi connectivity index (χ4n) is 2.99. The standard InChI is InChI=1S/C18H17Cl2N3O3/c19-11-5-12(20)16-13(6-11)22-15(18(25)26)7-14(16)23-17(24)10-3-1-9(8-21)2-4-10/h1-6,14-15,22H,7-8,21H2,(H,23,24)(H,25,26). The van der Waals surface area contributed by atoms with Gasteiger partial charge in [-0.05, 0) is 29.8 Å². The molecule has 6 nitrogen and oxygen atoms in total. The molecule has 2 aromatic rings. The van der Waals surface area contributed by atoms with Crippen LogP contribution in [-0.4, -0.2) is 23.0 Å². The van der Waals surface area contributed by atoms with E-state index in [0.29, 0.717) is 33.4 Å². The lowest BCUT2D eigenvalue weighted by Crippen LogP contribution is -2.41.